The van der Waals surface area contributed by atoms with Gasteiger partial charge < -0.3 is 10.5 Å². The lowest BCUT2D eigenvalue weighted by atomic mass is 9.98. The van der Waals surface area contributed by atoms with E-state index in [0.717, 1.165) is 24.3 Å². The molecular weight excluding hydrogens is 324 g/mol. The van der Waals surface area contributed by atoms with Gasteiger partial charge in [0.25, 0.3) is 0 Å². The van der Waals surface area contributed by atoms with Crippen LogP contribution in [-0.4, -0.2) is 12.4 Å². The fourth-order valence-electron chi connectivity index (χ4n) is 1.99. The van der Waals surface area contributed by atoms with Crippen LogP contribution in [0.4, 0.5) is 32.0 Å². The molecule has 2 N–H and O–H groups in total. The summed E-state index contributed by atoms with van der Waals surface area (Å²) in [6.45, 7) is 0. The van der Waals surface area contributed by atoms with E-state index in [0.29, 0.717) is 5.69 Å². The van der Waals surface area contributed by atoms with Crippen LogP contribution < -0.4 is 10.5 Å². The number of para-hydroxylation sites is 2. The number of hydrogen-bond acceptors (Lipinski definition) is 2. The molecule has 0 spiro atoms. The van der Waals surface area contributed by atoms with E-state index >= 15 is 0 Å². The lowest BCUT2D eigenvalue weighted by molar-refractivity contribution is -0.253. The van der Waals surface area contributed by atoms with Crippen LogP contribution in [-0.2, 0) is 0 Å². The maximum Gasteiger partial charge on any atom is 0.404 e. The standard InChI is InChI=1S/C15H11F6NO/c16-14(17,18)13(15(19,20)21)9-5-7-10(8-6-9)23-12-4-2-1-3-11(12)22/h1-8,13H,22H2. The summed E-state index contributed by atoms with van der Waals surface area (Å²) < 4.78 is 81.1. The maximum atomic E-state index is 12.6. The summed E-state index contributed by atoms with van der Waals surface area (Å²) in [7, 11) is 0. The number of hydrogen-bond donors (Lipinski definition) is 1. The van der Waals surface area contributed by atoms with Gasteiger partial charge in [0, 0.05) is 0 Å². The van der Waals surface area contributed by atoms with Gasteiger partial charge in [-0.05, 0) is 29.8 Å². The van der Waals surface area contributed by atoms with Crippen molar-refractivity contribution in [3.05, 3.63) is 54.1 Å². The quantitative estimate of drug-likeness (QED) is 0.613. The molecule has 2 rings (SSSR count). The molecule has 0 amide bonds. The SMILES string of the molecule is Nc1ccccc1Oc1ccc(C(C(F)(F)F)C(F)(F)F)cc1. The molecular formula is C15H11F6NO. The highest BCUT2D eigenvalue weighted by molar-refractivity contribution is 5.53. The first-order valence-corrected chi connectivity index (χ1v) is 6.35. The van der Waals surface area contributed by atoms with E-state index in [2.05, 4.69) is 0 Å². The Morgan fingerprint density at radius 3 is 1.78 bits per heavy atom. The molecule has 0 atom stereocenters. The zero-order chi connectivity index (χ0) is 17.3. The van der Waals surface area contributed by atoms with E-state index in [9.17, 15) is 26.3 Å². The highest BCUT2D eigenvalue weighted by Crippen LogP contribution is 2.46. The van der Waals surface area contributed by atoms with Crippen molar-refractivity contribution >= 4 is 5.69 Å². The Balaban J connectivity index is 2.26. The Bertz CT molecular complexity index is 649. The van der Waals surface area contributed by atoms with Crippen molar-refractivity contribution in [3.8, 4) is 11.5 Å². The summed E-state index contributed by atoms with van der Waals surface area (Å²) in [5, 5.41) is 0. The molecule has 2 nitrogen and oxygen atoms in total. The minimum atomic E-state index is -5.43. The smallest absolute Gasteiger partial charge is 0.404 e. The molecule has 8 heteroatoms. The fourth-order valence-corrected chi connectivity index (χ4v) is 1.99. The molecule has 23 heavy (non-hydrogen) atoms. The fraction of sp³-hybridized carbons (Fsp3) is 0.200. The van der Waals surface area contributed by atoms with Crippen molar-refractivity contribution in [1.82, 2.24) is 0 Å². The largest absolute Gasteiger partial charge is 0.455 e. The Hall–Kier alpha value is -2.38. The van der Waals surface area contributed by atoms with Gasteiger partial charge in [-0.15, -0.1) is 0 Å². The second-order valence-electron chi connectivity index (χ2n) is 4.73. The monoisotopic (exact) mass is 335 g/mol. The number of alkyl halides is 6. The first kappa shape index (κ1) is 17.0. The first-order chi connectivity index (χ1) is 10.6. The van der Waals surface area contributed by atoms with Crippen molar-refractivity contribution in [3.63, 3.8) is 0 Å². The van der Waals surface area contributed by atoms with Crippen molar-refractivity contribution in [2.75, 3.05) is 5.73 Å². The highest BCUT2D eigenvalue weighted by Gasteiger charge is 2.57. The average molecular weight is 335 g/mol. The molecule has 0 heterocycles. The summed E-state index contributed by atoms with van der Waals surface area (Å²) in [6, 6.07) is 9.90. The van der Waals surface area contributed by atoms with Crippen LogP contribution in [0.3, 0.4) is 0 Å². The number of ether oxygens (including phenoxy) is 1. The van der Waals surface area contributed by atoms with Crippen molar-refractivity contribution in [1.29, 1.82) is 0 Å². The molecule has 0 aliphatic heterocycles. The molecule has 0 aliphatic rings. The normalized spacial score (nSPS) is 12.5. The predicted molar refractivity (Wildman–Crippen MR) is 72.2 cm³/mol. The Labute approximate surface area is 127 Å². The molecule has 2 aromatic carbocycles. The molecule has 0 unspecified atom stereocenters. The van der Waals surface area contributed by atoms with Gasteiger partial charge in [-0.25, -0.2) is 0 Å². The number of anilines is 1. The summed E-state index contributed by atoms with van der Waals surface area (Å²) in [4.78, 5) is 0. The van der Waals surface area contributed by atoms with Gasteiger partial charge in [-0.1, -0.05) is 24.3 Å². The van der Waals surface area contributed by atoms with Gasteiger partial charge >= 0.3 is 12.4 Å². The van der Waals surface area contributed by atoms with E-state index < -0.39 is 23.8 Å². The van der Waals surface area contributed by atoms with Crippen LogP contribution in [0.25, 0.3) is 0 Å². The zero-order valence-corrected chi connectivity index (χ0v) is 11.4. The predicted octanol–water partition coefficient (Wildman–Crippen LogP) is 5.27. The summed E-state index contributed by atoms with van der Waals surface area (Å²) in [5.41, 5.74) is 5.03. The molecule has 0 saturated heterocycles. The minimum absolute atomic E-state index is 0.0785. The van der Waals surface area contributed by atoms with Crippen molar-refractivity contribution in [2.45, 2.75) is 18.3 Å². The third-order valence-electron chi connectivity index (χ3n) is 3.01. The number of rotatable bonds is 3. The summed E-state index contributed by atoms with van der Waals surface area (Å²) in [6.07, 6.45) is -10.9. The summed E-state index contributed by atoms with van der Waals surface area (Å²) in [5.74, 6) is -3.20. The Morgan fingerprint density at radius 1 is 0.783 bits per heavy atom. The second kappa shape index (κ2) is 6.02. The number of halogens is 6. The third-order valence-corrected chi connectivity index (χ3v) is 3.01. The van der Waals surface area contributed by atoms with Crippen LogP contribution in [0.1, 0.15) is 11.5 Å². The second-order valence-corrected chi connectivity index (χ2v) is 4.73. The van der Waals surface area contributed by atoms with Crippen molar-refractivity contribution < 1.29 is 31.1 Å². The van der Waals surface area contributed by atoms with E-state index in [-0.39, 0.29) is 11.5 Å². The number of nitrogens with two attached hydrogens (primary N) is 1. The van der Waals surface area contributed by atoms with Gasteiger partial charge in [-0.2, -0.15) is 26.3 Å². The van der Waals surface area contributed by atoms with Crippen LogP contribution in [0.5, 0.6) is 11.5 Å². The number of benzene rings is 2. The Kier molecular flexibility index (Phi) is 4.44. The van der Waals surface area contributed by atoms with Crippen LogP contribution in [0.2, 0.25) is 0 Å². The molecule has 124 valence electrons. The average Bonchev–Trinajstić information content (AvgIpc) is 2.40. The third kappa shape index (κ3) is 4.08. The molecule has 0 bridgehead atoms. The lowest BCUT2D eigenvalue weighted by Gasteiger charge is -2.23. The van der Waals surface area contributed by atoms with E-state index in [1.54, 1.807) is 18.2 Å². The lowest BCUT2D eigenvalue weighted by Crippen LogP contribution is -2.34. The highest BCUT2D eigenvalue weighted by atomic mass is 19.4. The Morgan fingerprint density at radius 2 is 1.30 bits per heavy atom. The molecule has 0 radical (unpaired) electrons. The van der Waals surface area contributed by atoms with E-state index in [1.165, 1.54) is 6.07 Å². The van der Waals surface area contributed by atoms with E-state index in [4.69, 9.17) is 10.5 Å². The van der Waals surface area contributed by atoms with Crippen LogP contribution >= 0.6 is 0 Å². The maximum absolute atomic E-state index is 12.6. The van der Waals surface area contributed by atoms with Crippen LogP contribution in [0.15, 0.2) is 48.5 Å². The molecule has 0 fully saturated rings. The van der Waals surface area contributed by atoms with Gasteiger partial charge in [0.2, 0.25) is 0 Å². The van der Waals surface area contributed by atoms with Gasteiger partial charge in [-0.3, -0.25) is 0 Å². The van der Waals surface area contributed by atoms with Gasteiger partial charge in [0.15, 0.2) is 5.92 Å². The first-order valence-electron chi connectivity index (χ1n) is 6.35. The zero-order valence-electron chi connectivity index (χ0n) is 11.4. The summed E-state index contributed by atoms with van der Waals surface area (Å²) >= 11 is 0. The molecule has 2 aromatic rings. The van der Waals surface area contributed by atoms with Gasteiger partial charge in [0.05, 0.1) is 5.69 Å². The topological polar surface area (TPSA) is 35.2 Å². The molecule has 0 saturated carbocycles. The molecule has 0 aliphatic carbocycles. The van der Waals surface area contributed by atoms with E-state index in [1.807, 2.05) is 0 Å². The van der Waals surface area contributed by atoms with Crippen molar-refractivity contribution in [2.24, 2.45) is 0 Å². The van der Waals surface area contributed by atoms with Crippen LogP contribution in [0, 0.1) is 0 Å². The minimum Gasteiger partial charge on any atom is -0.455 e. The number of nitrogen functional groups attached to an aromatic ring is 1. The molecule has 0 aromatic heterocycles. The van der Waals surface area contributed by atoms with Gasteiger partial charge in [0.1, 0.15) is 11.5 Å².